The standard InChI is InChI=1S/C19H23N3O2/c1-5-14-8-6-7-13(4)17(14)22-19(24)16-9-15(10-20-11-16)18(23)21-12(2)3/h6-12H,5H2,1-4H3,(H,21,23)(H,22,24). The fourth-order valence-corrected chi connectivity index (χ4v) is 2.42. The largest absolute Gasteiger partial charge is 0.350 e. The second-order valence-corrected chi connectivity index (χ2v) is 6.01. The van der Waals surface area contributed by atoms with Gasteiger partial charge in [0.15, 0.2) is 0 Å². The Morgan fingerprint density at radius 3 is 2.42 bits per heavy atom. The number of nitrogens with one attached hydrogen (secondary N) is 2. The van der Waals surface area contributed by atoms with E-state index in [0.717, 1.165) is 23.2 Å². The summed E-state index contributed by atoms with van der Waals surface area (Å²) >= 11 is 0. The topological polar surface area (TPSA) is 71.1 Å². The Labute approximate surface area is 142 Å². The van der Waals surface area contributed by atoms with Crippen LogP contribution in [-0.4, -0.2) is 22.8 Å². The number of para-hydroxylation sites is 1. The molecule has 2 amide bonds. The molecule has 2 rings (SSSR count). The van der Waals surface area contributed by atoms with Crippen molar-refractivity contribution in [3.05, 3.63) is 58.9 Å². The maximum atomic E-state index is 12.5. The molecule has 0 bridgehead atoms. The zero-order valence-electron chi connectivity index (χ0n) is 14.5. The first-order chi connectivity index (χ1) is 11.4. The molecule has 1 heterocycles. The van der Waals surface area contributed by atoms with Gasteiger partial charge < -0.3 is 10.6 Å². The molecule has 0 spiro atoms. The van der Waals surface area contributed by atoms with Crippen LogP contribution in [0, 0.1) is 6.92 Å². The van der Waals surface area contributed by atoms with Crippen LogP contribution in [0.15, 0.2) is 36.7 Å². The van der Waals surface area contributed by atoms with Crippen LogP contribution in [0.25, 0.3) is 0 Å². The van der Waals surface area contributed by atoms with Gasteiger partial charge in [-0.3, -0.25) is 14.6 Å². The molecule has 126 valence electrons. The van der Waals surface area contributed by atoms with Crippen molar-refractivity contribution in [3.63, 3.8) is 0 Å². The maximum Gasteiger partial charge on any atom is 0.257 e. The SMILES string of the molecule is CCc1cccc(C)c1NC(=O)c1cncc(C(=O)NC(C)C)c1. The van der Waals surface area contributed by atoms with Gasteiger partial charge in [0.1, 0.15) is 0 Å². The zero-order chi connectivity index (χ0) is 17.7. The Morgan fingerprint density at radius 2 is 1.79 bits per heavy atom. The van der Waals surface area contributed by atoms with Gasteiger partial charge in [-0.25, -0.2) is 0 Å². The van der Waals surface area contributed by atoms with Crippen LogP contribution in [-0.2, 0) is 6.42 Å². The Balaban J connectivity index is 2.24. The lowest BCUT2D eigenvalue weighted by Gasteiger charge is -2.13. The third kappa shape index (κ3) is 4.19. The summed E-state index contributed by atoms with van der Waals surface area (Å²) in [7, 11) is 0. The number of benzene rings is 1. The minimum Gasteiger partial charge on any atom is -0.350 e. The molecule has 0 atom stereocenters. The van der Waals surface area contributed by atoms with E-state index in [-0.39, 0.29) is 17.9 Å². The fourth-order valence-electron chi connectivity index (χ4n) is 2.42. The van der Waals surface area contributed by atoms with Gasteiger partial charge in [0, 0.05) is 24.1 Å². The van der Waals surface area contributed by atoms with E-state index >= 15 is 0 Å². The number of amides is 2. The molecule has 0 fully saturated rings. The van der Waals surface area contributed by atoms with E-state index in [4.69, 9.17) is 0 Å². The predicted octanol–water partition coefficient (Wildman–Crippen LogP) is 3.34. The highest BCUT2D eigenvalue weighted by molar-refractivity contribution is 6.06. The molecule has 2 aromatic rings. The molecule has 0 unspecified atom stereocenters. The number of aromatic nitrogens is 1. The van der Waals surface area contributed by atoms with Crippen LogP contribution < -0.4 is 10.6 Å². The number of pyridine rings is 1. The second kappa shape index (κ2) is 7.73. The smallest absolute Gasteiger partial charge is 0.257 e. The summed E-state index contributed by atoms with van der Waals surface area (Å²) in [5.74, 6) is -0.511. The van der Waals surface area contributed by atoms with E-state index in [2.05, 4.69) is 15.6 Å². The van der Waals surface area contributed by atoms with Gasteiger partial charge in [0.05, 0.1) is 11.1 Å². The second-order valence-electron chi connectivity index (χ2n) is 6.01. The Bertz CT molecular complexity index is 754. The molecule has 0 aliphatic heterocycles. The predicted molar refractivity (Wildman–Crippen MR) is 95.3 cm³/mol. The van der Waals surface area contributed by atoms with Gasteiger partial charge in [-0.2, -0.15) is 0 Å². The van der Waals surface area contributed by atoms with Crippen LogP contribution in [0.5, 0.6) is 0 Å². The first-order valence-corrected chi connectivity index (χ1v) is 8.08. The molecular formula is C19H23N3O2. The monoisotopic (exact) mass is 325 g/mol. The first kappa shape index (κ1) is 17.7. The highest BCUT2D eigenvalue weighted by Gasteiger charge is 2.14. The summed E-state index contributed by atoms with van der Waals surface area (Å²) < 4.78 is 0. The van der Waals surface area contributed by atoms with E-state index in [1.165, 1.54) is 12.4 Å². The molecular weight excluding hydrogens is 302 g/mol. The summed E-state index contributed by atoms with van der Waals surface area (Å²) in [5.41, 5.74) is 3.63. The number of rotatable bonds is 5. The van der Waals surface area contributed by atoms with Crippen molar-refractivity contribution < 1.29 is 9.59 Å². The molecule has 1 aromatic heterocycles. The molecule has 0 aliphatic carbocycles. The molecule has 24 heavy (non-hydrogen) atoms. The van der Waals surface area contributed by atoms with Crippen molar-refractivity contribution in [1.82, 2.24) is 10.3 Å². The number of nitrogens with zero attached hydrogens (tertiary/aromatic N) is 1. The molecule has 1 aromatic carbocycles. The normalized spacial score (nSPS) is 10.5. The van der Waals surface area contributed by atoms with Crippen LogP contribution in [0.2, 0.25) is 0 Å². The lowest BCUT2D eigenvalue weighted by atomic mass is 10.1. The minimum absolute atomic E-state index is 0.0223. The first-order valence-electron chi connectivity index (χ1n) is 8.08. The van der Waals surface area contributed by atoms with Gasteiger partial charge in [-0.1, -0.05) is 25.1 Å². The lowest BCUT2D eigenvalue weighted by Crippen LogP contribution is -2.30. The lowest BCUT2D eigenvalue weighted by molar-refractivity contribution is 0.0942. The Hall–Kier alpha value is -2.69. The summed E-state index contributed by atoms with van der Waals surface area (Å²) in [5, 5.41) is 5.73. The molecule has 0 saturated heterocycles. The van der Waals surface area contributed by atoms with Crippen molar-refractivity contribution in [2.45, 2.75) is 40.2 Å². The third-order valence-electron chi connectivity index (χ3n) is 3.66. The number of anilines is 1. The van der Waals surface area contributed by atoms with Crippen LogP contribution in [0.3, 0.4) is 0 Å². The van der Waals surface area contributed by atoms with E-state index in [0.29, 0.717) is 11.1 Å². The number of hydrogen-bond donors (Lipinski definition) is 2. The summed E-state index contributed by atoms with van der Waals surface area (Å²) in [6.07, 6.45) is 3.75. The molecule has 2 N–H and O–H groups in total. The molecule has 5 nitrogen and oxygen atoms in total. The summed E-state index contributed by atoms with van der Waals surface area (Å²) in [6, 6.07) is 7.51. The van der Waals surface area contributed by atoms with Gasteiger partial charge >= 0.3 is 0 Å². The molecule has 0 radical (unpaired) electrons. The summed E-state index contributed by atoms with van der Waals surface area (Å²) in [4.78, 5) is 28.6. The zero-order valence-corrected chi connectivity index (χ0v) is 14.5. The van der Waals surface area contributed by atoms with Crippen LogP contribution >= 0.6 is 0 Å². The van der Waals surface area contributed by atoms with E-state index in [1.54, 1.807) is 6.07 Å². The molecule has 0 saturated carbocycles. The van der Waals surface area contributed by atoms with Crippen molar-refractivity contribution >= 4 is 17.5 Å². The summed E-state index contributed by atoms with van der Waals surface area (Å²) in [6.45, 7) is 7.76. The number of carbonyl (C=O) groups excluding carboxylic acids is 2. The number of aryl methyl sites for hydroxylation is 2. The van der Waals surface area contributed by atoms with Crippen molar-refractivity contribution in [2.75, 3.05) is 5.32 Å². The van der Waals surface area contributed by atoms with Crippen LogP contribution in [0.4, 0.5) is 5.69 Å². The van der Waals surface area contributed by atoms with Crippen molar-refractivity contribution in [1.29, 1.82) is 0 Å². The van der Waals surface area contributed by atoms with Gasteiger partial charge in [-0.15, -0.1) is 0 Å². The average Bonchev–Trinajstić information content (AvgIpc) is 2.56. The van der Waals surface area contributed by atoms with Gasteiger partial charge in [0.2, 0.25) is 0 Å². The fraction of sp³-hybridized carbons (Fsp3) is 0.316. The molecule has 0 aliphatic rings. The van der Waals surface area contributed by atoms with E-state index < -0.39 is 0 Å². The third-order valence-corrected chi connectivity index (χ3v) is 3.66. The van der Waals surface area contributed by atoms with E-state index in [9.17, 15) is 9.59 Å². The minimum atomic E-state index is -0.273. The average molecular weight is 325 g/mol. The van der Waals surface area contributed by atoms with Gasteiger partial charge in [-0.05, 0) is 44.4 Å². The van der Waals surface area contributed by atoms with Gasteiger partial charge in [0.25, 0.3) is 11.8 Å². The quantitative estimate of drug-likeness (QED) is 0.885. The Morgan fingerprint density at radius 1 is 1.12 bits per heavy atom. The Kier molecular flexibility index (Phi) is 5.68. The highest BCUT2D eigenvalue weighted by atomic mass is 16.2. The number of hydrogen-bond acceptors (Lipinski definition) is 3. The maximum absolute atomic E-state index is 12.5. The van der Waals surface area contributed by atoms with Crippen molar-refractivity contribution in [2.24, 2.45) is 0 Å². The van der Waals surface area contributed by atoms with Crippen molar-refractivity contribution in [3.8, 4) is 0 Å². The number of carbonyl (C=O) groups is 2. The van der Waals surface area contributed by atoms with E-state index in [1.807, 2.05) is 45.9 Å². The highest BCUT2D eigenvalue weighted by Crippen LogP contribution is 2.22. The van der Waals surface area contributed by atoms with Crippen LogP contribution in [0.1, 0.15) is 52.6 Å². The molecule has 5 heteroatoms.